The van der Waals surface area contributed by atoms with E-state index in [9.17, 15) is 4.79 Å². The molecule has 2 bridgehead atoms. The molecule has 2 aliphatic rings. The fraction of sp³-hybridized carbons (Fsp3) is 0.455. The summed E-state index contributed by atoms with van der Waals surface area (Å²) in [5, 5.41) is 8.97. The van der Waals surface area contributed by atoms with Crippen LogP contribution >= 0.6 is 0 Å². The Labute approximate surface area is 159 Å². The molecule has 2 aliphatic heterocycles. The normalized spacial score (nSPS) is 24.3. The van der Waals surface area contributed by atoms with Crippen LogP contribution in [0.4, 0.5) is 4.39 Å². The number of halogens is 1. The molecule has 5 heteroatoms. The zero-order chi connectivity index (χ0) is 19.3. The van der Waals surface area contributed by atoms with E-state index < -0.39 is 5.82 Å². The Morgan fingerprint density at radius 3 is 2.48 bits per heavy atom. The predicted octanol–water partition coefficient (Wildman–Crippen LogP) is 4.16. The summed E-state index contributed by atoms with van der Waals surface area (Å²) in [5.74, 6) is 0.0559. The molecule has 3 atom stereocenters. The molecule has 2 aromatic rings. The summed E-state index contributed by atoms with van der Waals surface area (Å²) in [6.07, 6.45) is 3.44. The van der Waals surface area contributed by atoms with E-state index in [1.165, 1.54) is 0 Å². The van der Waals surface area contributed by atoms with Crippen LogP contribution < -0.4 is 0 Å². The van der Waals surface area contributed by atoms with E-state index in [4.69, 9.17) is 5.26 Å². The third kappa shape index (κ3) is 2.80. The lowest BCUT2D eigenvalue weighted by molar-refractivity contribution is 0.0909. The van der Waals surface area contributed by atoms with Crippen molar-refractivity contribution in [3.8, 4) is 11.8 Å². The molecule has 0 N–H and O–H groups in total. The number of Topliss-reactive ketones (excluding diaryl/α,β-unsaturated/α-hetero) is 1. The minimum atomic E-state index is -0.429. The molecule has 1 aromatic heterocycles. The summed E-state index contributed by atoms with van der Waals surface area (Å²) >= 11 is 0. The lowest BCUT2D eigenvalue weighted by Gasteiger charge is -2.22. The Morgan fingerprint density at radius 2 is 1.93 bits per heavy atom. The number of nitrogens with zero attached hydrogens (tertiary/aromatic N) is 3. The molecule has 140 valence electrons. The molecule has 0 saturated carbocycles. The molecule has 4 nitrogen and oxygen atoms in total. The van der Waals surface area contributed by atoms with Gasteiger partial charge in [-0.2, -0.15) is 5.26 Å². The third-order valence-electron chi connectivity index (χ3n) is 6.42. The van der Waals surface area contributed by atoms with Gasteiger partial charge in [0.2, 0.25) is 0 Å². The summed E-state index contributed by atoms with van der Waals surface area (Å²) in [4.78, 5) is 15.3. The van der Waals surface area contributed by atoms with Gasteiger partial charge in [-0.05, 0) is 63.3 Å². The molecule has 0 aliphatic carbocycles. The summed E-state index contributed by atoms with van der Waals surface area (Å²) in [7, 11) is 0. The number of rotatable bonds is 4. The van der Waals surface area contributed by atoms with Crippen LogP contribution in [-0.2, 0) is 0 Å². The van der Waals surface area contributed by atoms with Crippen molar-refractivity contribution < 1.29 is 9.18 Å². The predicted molar refractivity (Wildman–Crippen MR) is 102 cm³/mol. The van der Waals surface area contributed by atoms with Gasteiger partial charge in [0.05, 0.1) is 29.4 Å². The zero-order valence-corrected chi connectivity index (χ0v) is 16.0. The molecule has 2 unspecified atom stereocenters. The second kappa shape index (κ2) is 6.61. The lowest BCUT2D eigenvalue weighted by Crippen LogP contribution is -2.35. The number of carbonyl (C=O) groups excluding carboxylic acids is 1. The maximum atomic E-state index is 15.0. The van der Waals surface area contributed by atoms with E-state index in [2.05, 4.69) is 17.9 Å². The van der Waals surface area contributed by atoms with Gasteiger partial charge < -0.3 is 4.57 Å². The van der Waals surface area contributed by atoms with Gasteiger partial charge in [0, 0.05) is 23.5 Å². The van der Waals surface area contributed by atoms with Crippen molar-refractivity contribution in [2.45, 2.75) is 52.1 Å². The van der Waals surface area contributed by atoms with Crippen LogP contribution in [-0.4, -0.2) is 33.9 Å². The number of aromatic nitrogens is 1. The Bertz CT molecular complexity index is 938. The largest absolute Gasteiger partial charge is 0.315 e. The number of carbonyl (C=O) groups is 1. The second-order valence-corrected chi connectivity index (χ2v) is 7.96. The highest BCUT2D eigenvalue weighted by Gasteiger charge is 2.45. The minimum Gasteiger partial charge on any atom is -0.315 e. The molecule has 3 heterocycles. The highest BCUT2D eigenvalue weighted by molar-refractivity contribution is 5.99. The number of nitriles is 1. The quantitative estimate of drug-likeness (QED) is 0.765. The Hall–Kier alpha value is -2.45. The van der Waals surface area contributed by atoms with E-state index >= 15 is 4.39 Å². The smallest absolute Gasteiger partial charge is 0.181 e. The third-order valence-corrected chi connectivity index (χ3v) is 6.42. The van der Waals surface area contributed by atoms with Crippen LogP contribution in [0, 0.1) is 36.9 Å². The number of hydrogen-bond donors (Lipinski definition) is 0. The van der Waals surface area contributed by atoms with E-state index in [-0.39, 0.29) is 11.3 Å². The number of fused-ring (bicyclic) bond motifs is 2. The van der Waals surface area contributed by atoms with E-state index in [1.54, 1.807) is 42.7 Å². The summed E-state index contributed by atoms with van der Waals surface area (Å²) in [6.45, 7) is 6.04. The van der Waals surface area contributed by atoms with Crippen molar-refractivity contribution >= 4 is 5.78 Å². The first-order valence-electron chi connectivity index (χ1n) is 9.59. The van der Waals surface area contributed by atoms with Crippen molar-refractivity contribution in [3.05, 3.63) is 52.6 Å². The van der Waals surface area contributed by atoms with Gasteiger partial charge in [-0.25, -0.2) is 4.39 Å². The molecule has 4 rings (SSSR count). The SMILES string of the molecule is Cc1c(F)c(C(=O)CN2C3CCC2[C@H](C)C3)c(C)n1-c1ccc(C#N)cc1. The van der Waals surface area contributed by atoms with Gasteiger partial charge in [-0.1, -0.05) is 6.92 Å². The second-order valence-electron chi connectivity index (χ2n) is 7.96. The molecule has 0 spiro atoms. The molecule has 1 aromatic carbocycles. The van der Waals surface area contributed by atoms with Crippen molar-refractivity contribution in [1.82, 2.24) is 9.47 Å². The van der Waals surface area contributed by atoms with E-state index in [1.807, 2.05) is 0 Å². The van der Waals surface area contributed by atoms with Crippen molar-refractivity contribution in [1.29, 1.82) is 5.26 Å². The van der Waals surface area contributed by atoms with Gasteiger partial charge in [-0.15, -0.1) is 0 Å². The van der Waals surface area contributed by atoms with E-state index in [0.717, 1.165) is 24.9 Å². The zero-order valence-electron chi connectivity index (χ0n) is 16.0. The summed E-state index contributed by atoms with van der Waals surface area (Å²) in [5.41, 5.74) is 2.57. The lowest BCUT2D eigenvalue weighted by atomic mass is 9.91. The maximum absolute atomic E-state index is 15.0. The van der Waals surface area contributed by atoms with Crippen molar-refractivity contribution in [2.24, 2.45) is 5.92 Å². The highest BCUT2D eigenvalue weighted by Crippen LogP contribution is 2.41. The molecule has 2 saturated heterocycles. The molecule has 0 radical (unpaired) electrons. The van der Waals surface area contributed by atoms with Crippen molar-refractivity contribution in [3.63, 3.8) is 0 Å². The molecular weight excluding hydrogens is 341 g/mol. The molecule has 27 heavy (non-hydrogen) atoms. The fourth-order valence-electron chi connectivity index (χ4n) is 5.11. The average Bonchev–Trinajstić information content (AvgIpc) is 3.24. The minimum absolute atomic E-state index is 0.133. The molecule has 0 amide bonds. The van der Waals surface area contributed by atoms with Crippen LogP contribution in [0.3, 0.4) is 0 Å². The fourth-order valence-corrected chi connectivity index (χ4v) is 5.11. The van der Waals surface area contributed by atoms with Crippen molar-refractivity contribution in [2.75, 3.05) is 6.54 Å². The van der Waals surface area contributed by atoms with Crippen LogP contribution in [0.25, 0.3) is 5.69 Å². The number of benzene rings is 1. The monoisotopic (exact) mass is 365 g/mol. The van der Waals surface area contributed by atoms with Crippen LogP contribution in [0.5, 0.6) is 0 Å². The summed E-state index contributed by atoms with van der Waals surface area (Å²) < 4.78 is 16.8. The van der Waals surface area contributed by atoms with Gasteiger partial charge in [0.15, 0.2) is 11.6 Å². The summed E-state index contributed by atoms with van der Waals surface area (Å²) in [6, 6.07) is 10.0. The Balaban J connectivity index is 1.65. The first kappa shape index (κ1) is 17.9. The van der Waals surface area contributed by atoms with Crippen LogP contribution in [0.15, 0.2) is 24.3 Å². The van der Waals surface area contributed by atoms with Crippen LogP contribution in [0.1, 0.15) is 53.5 Å². The van der Waals surface area contributed by atoms with Gasteiger partial charge >= 0.3 is 0 Å². The molecule has 2 fully saturated rings. The number of ketones is 1. The average molecular weight is 365 g/mol. The number of hydrogen-bond acceptors (Lipinski definition) is 3. The Kier molecular flexibility index (Phi) is 4.39. The van der Waals surface area contributed by atoms with Gasteiger partial charge in [0.25, 0.3) is 0 Å². The first-order valence-corrected chi connectivity index (χ1v) is 9.59. The van der Waals surface area contributed by atoms with Gasteiger partial charge in [-0.3, -0.25) is 9.69 Å². The Morgan fingerprint density at radius 1 is 1.22 bits per heavy atom. The highest BCUT2D eigenvalue weighted by atomic mass is 19.1. The van der Waals surface area contributed by atoms with E-state index in [0.29, 0.717) is 41.5 Å². The standard InChI is InChI=1S/C22H24FN3O/c1-13-10-18-8-9-19(13)25(18)12-20(27)21-14(2)26(15(3)22(21)23)17-6-4-16(11-24)5-7-17/h4-7,13,18-19H,8-10,12H2,1-3H3/t13-,18?,19?/m1/s1. The first-order chi connectivity index (χ1) is 12.9. The van der Waals surface area contributed by atoms with Gasteiger partial charge in [0.1, 0.15) is 0 Å². The van der Waals surface area contributed by atoms with Crippen LogP contribution in [0.2, 0.25) is 0 Å². The molecular formula is C22H24FN3O. The maximum Gasteiger partial charge on any atom is 0.181 e. The topological polar surface area (TPSA) is 49.0 Å².